The molecule has 67 heavy (non-hydrogen) atoms. The quantitative estimate of drug-likeness (QED) is 0.135. The summed E-state index contributed by atoms with van der Waals surface area (Å²) >= 11 is 0. The van der Waals surface area contributed by atoms with Gasteiger partial charge in [-0.05, 0) is 137 Å². The van der Waals surface area contributed by atoms with Gasteiger partial charge in [0.25, 0.3) is 0 Å². The van der Waals surface area contributed by atoms with E-state index >= 15 is 0 Å². The maximum absolute atomic E-state index is 14.1. The van der Waals surface area contributed by atoms with Gasteiger partial charge in [-0.3, -0.25) is 19.4 Å². The Kier molecular flexibility index (Phi) is 11.0. The molecule has 8 atom stereocenters. The second kappa shape index (κ2) is 16.8. The molecule has 3 aromatic carbocycles. The smallest absolute Gasteiger partial charge is 0.407 e. The number of likely N-dealkylation sites (tertiary alicyclic amines) is 2. The number of methoxy groups -OCH3 is 2. The van der Waals surface area contributed by atoms with Crippen LogP contribution in [0, 0.1) is 35.0 Å². The van der Waals surface area contributed by atoms with Crippen LogP contribution in [-0.2, 0) is 43.1 Å². The van der Waals surface area contributed by atoms with Crippen LogP contribution in [-0.4, -0.2) is 87.7 Å². The van der Waals surface area contributed by atoms with Crippen molar-refractivity contribution in [3.05, 3.63) is 83.3 Å². The predicted molar refractivity (Wildman–Crippen MR) is 256 cm³/mol. The number of ether oxygens (including phenoxy) is 2. The number of rotatable bonds is 12. The van der Waals surface area contributed by atoms with Crippen molar-refractivity contribution in [2.75, 3.05) is 14.2 Å². The second-order valence-electron chi connectivity index (χ2n) is 21.7. The maximum Gasteiger partial charge on any atom is 0.407 e. The third kappa shape index (κ3) is 7.76. The molecule has 4 heterocycles. The van der Waals surface area contributed by atoms with Crippen LogP contribution in [0.1, 0.15) is 114 Å². The zero-order valence-corrected chi connectivity index (χ0v) is 39.8. The summed E-state index contributed by atoms with van der Waals surface area (Å²) in [5, 5.41) is 2.81. The monoisotopic (exact) mass is 904 g/mol. The number of hydrogen-bond acceptors (Lipinski definition) is 8. The molecule has 0 radical (unpaired) electrons. The van der Waals surface area contributed by atoms with Gasteiger partial charge >= 0.3 is 12.1 Å². The Hall–Kier alpha value is -5.78. The third-order valence-corrected chi connectivity index (χ3v) is 16.9. The van der Waals surface area contributed by atoms with Gasteiger partial charge in [-0.1, -0.05) is 83.0 Å². The summed E-state index contributed by atoms with van der Waals surface area (Å²) < 4.78 is 9.84. The van der Waals surface area contributed by atoms with E-state index < -0.39 is 18.1 Å². The van der Waals surface area contributed by atoms with Crippen molar-refractivity contribution >= 4 is 35.3 Å². The van der Waals surface area contributed by atoms with E-state index in [0.717, 1.165) is 73.4 Å². The van der Waals surface area contributed by atoms with E-state index in [-0.39, 0.29) is 60.2 Å². The topological polar surface area (TPSA) is 146 Å². The molecule has 12 heteroatoms. The zero-order valence-electron chi connectivity index (χ0n) is 39.8. The molecule has 3 aliphatic heterocycles. The molecule has 5 fully saturated rings. The van der Waals surface area contributed by atoms with Gasteiger partial charge in [0, 0.05) is 24.2 Å². The molecular weight excluding hydrogens is 841 g/mol. The van der Waals surface area contributed by atoms with Crippen LogP contribution in [0.5, 0.6) is 0 Å². The number of aromatic nitrogens is 2. The van der Waals surface area contributed by atoms with Gasteiger partial charge in [0.05, 0.1) is 56.2 Å². The average Bonchev–Trinajstić information content (AvgIpc) is 3.77. The summed E-state index contributed by atoms with van der Waals surface area (Å²) in [7, 11) is 2.71. The number of nitrogens with zero attached hydrogens (tertiary/aromatic N) is 4. The minimum absolute atomic E-state index is 0.0170. The minimum Gasteiger partial charge on any atom is -0.469 e. The highest BCUT2D eigenvalue weighted by atomic mass is 16.5. The number of esters is 1. The van der Waals surface area contributed by atoms with Crippen LogP contribution < -0.4 is 5.32 Å². The highest BCUT2D eigenvalue weighted by Crippen LogP contribution is 2.56. The van der Waals surface area contributed by atoms with Crippen molar-refractivity contribution in [3.8, 4) is 33.5 Å². The van der Waals surface area contributed by atoms with Crippen molar-refractivity contribution in [2.45, 2.75) is 135 Å². The molecule has 2 saturated heterocycles. The number of imidazole rings is 1. The molecular formula is C55H64N6O6. The number of aliphatic imine (C=N–C) groups is 1. The molecule has 350 valence electrons. The van der Waals surface area contributed by atoms with E-state index in [4.69, 9.17) is 19.5 Å². The first kappa shape index (κ1) is 43.8. The molecule has 7 aliphatic rings. The van der Waals surface area contributed by atoms with Crippen molar-refractivity contribution in [3.63, 3.8) is 0 Å². The van der Waals surface area contributed by atoms with E-state index in [1.807, 2.05) is 43.7 Å². The first-order valence-corrected chi connectivity index (χ1v) is 24.9. The van der Waals surface area contributed by atoms with Crippen LogP contribution in [0.4, 0.5) is 10.5 Å². The molecule has 12 nitrogen and oxygen atoms in total. The molecule has 4 aromatic rings. The number of alkyl carbamates (subject to hydrolysis) is 1. The molecule has 3 saturated carbocycles. The van der Waals surface area contributed by atoms with Crippen LogP contribution in [0.2, 0.25) is 0 Å². The lowest BCUT2D eigenvalue weighted by atomic mass is 9.82. The van der Waals surface area contributed by atoms with E-state index in [0.29, 0.717) is 17.3 Å². The first-order valence-electron chi connectivity index (χ1n) is 24.9. The van der Waals surface area contributed by atoms with Crippen molar-refractivity contribution in [1.82, 2.24) is 25.1 Å². The lowest BCUT2D eigenvalue weighted by Gasteiger charge is -2.32. The number of carbonyl (C=O) groups excluding carboxylic acids is 4. The van der Waals surface area contributed by atoms with Crippen LogP contribution in [0.3, 0.4) is 0 Å². The van der Waals surface area contributed by atoms with Crippen LogP contribution in [0.25, 0.3) is 33.5 Å². The highest BCUT2D eigenvalue weighted by molar-refractivity contribution is 6.02. The molecule has 2 N–H and O–H groups in total. The number of carbonyl (C=O) groups is 4. The van der Waals surface area contributed by atoms with Crippen molar-refractivity contribution in [1.29, 1.82) is 0 Å². The van der Waals surface area contributed by atoms with Crippen LogP contribution in [0.15, 0.2) is 65.8 Å². The highest BCUT2D eigenvalue weighted by Gasteiger charge is 2.58. The van der Waals surface area contributed by atoms with E-state index in [1.165, 1.54) is 78.8 Å². The number of fused-ring (bicyclic) bond motifs is 4. The summed E-state index contributed by atoms with van der Waals surface area (Å²) in [5.74, 6) is 0.931. The lowest BCUT2D eigenvalue weighted by Crippen LogP contribution is -2.55. The number of hydrogen-bond donors (Lipinski definition) is 2. The van der Waals surface area contributed by atoms with Crippen LogP contribution >= 0.6 is 0 Å². The minimum atomic E-state index is -0.648. The Bertz CT molecular complexity index is 2680. The molecule has 4 aliphatic carbocycles. The largest absolute Gasteiger partial charge is 0.469 e. The Balaban J connectivity index is 0.830. The van der Waals surface area contributed by atoms with Gasteiger partial charge in [0.2, 0.25) is 11.8 Å². The standard InChI is InChI=1S/C55H64N6O6/c1-29(2)39(25-49(62)66-5)52(63)61-46-22-36(46)24-48(61)51-56-28-44(58-51)32-11-9-31(10-12-32)37-14-15-38(41-27-55(26-40(37)41)17-7-8-18-55)33-13-16-42-34(19-33)20-43(57-42)47-23-35-21-45(35)60(47)53(64)50(30(3)4)59-54(65)67-6/h9-16,19,28-30,35-36,39,45-48,50H,7-8,17-18,20-27H2,1-6H3,(H,56,58)(H,59,65)/t35?,36?,39-,45?,46?,47-,48-,50-/m0/s1. The fourth-order valence-corrected chi connectivity index (χ4v) is 13.0. The molecule has 0 bridgehead atoms. The van der Waals surface area contributed by atoms with Gasteiger partial charge in [-0.15, -0.1) is 0 Å². The average molecular weight is 905 g/mol. The molecule has 11 rings (SSSR count). The van der Waals surface area contributed by atoms with Gasteiger partial charge in [0.1, 0.15) is 11.9 Å². The Morgan fingerprint density at radius 1 is 0.761 bits per heavy atom. The number of benzene rings is 3. The van der Waals surface area contributed by atoms with Gasteiger partial charge in [0.15, 0.2) is 0 Å². The number of piperidine rings is 2. The van der Waals surface area contributed by atoms with E-state index in [2.05, 4.69) is 64.9 Å². The van der Waals surface area contributed by atoms with Crippen molar-refractivity contribution < 1.29 is 28.7 Å². The number of aromatic amines is 1. The van der Waals surface area contributed by atoms with Gasteiger partial charge < -0.3 is 29.6 Å². The van der Waals surface area contributed by atoms with Crippen molar-refractivity contribution in [2.24, 2.45) is 40.0 Å². The molecule has 1 spiro atoms. The molecule has 4 unspecified atom stereocenters. The molecule has 3 amide bonds. The molecule has 1 aromatic heterocycles. The van der Waals surface area contributed by atoms with E-state index in [1.54, 1.807) is 0 Å². The van der Waals surface area contributed by atoms with Gasteiger partial charge in [-0.2, -0.15) is 0 Å². The fourth-order valence-electron chi connectivity index (χ4n) is 13.0. The van der Waals surface area contributed by atoms with Gasteiger partial charge in [-0.25, -0.2) is 9.78 Å². The summed E-state index contributed by atoms with van der Waals surface area (Å²) in [6.07, 6.45) is 13.3. The summed E-state index contributed by atoms with van der Waals surface area (Å²) in [6.45, 7) is 7.93. The third-order valence-electron chi connectivity index (χ3n) is 16.9. The number of H-pyrrole nitrogens is 1. The SMILES string of the molecule is COC(=O)C[C@H](C(=O)N1C2CC2C[C@H]1c1ncc(-c2ccc(-c3ccc(-c4ccc5c(c4)CC([C@@H]4CC6CC6N4C(=O)[C@@H](NC(=O)OC)C(C)C)=N5)c4c3CC3(CCCC3)C4)cc2)[nH]1)C(C)C. The predicted octanol–water partition coefficient (Wildman–Crippen LogP) is 9.57. The Labute approximate surface area is 393 Å². The number of nitrogens with one attached hydrogen (secondary N) is 2. The fraction of sp³-hybridized carbons (Fsp3) is 0.527. The summed E-state index contributed by atoms with van der Waals surface area (Å²) in [6, 6.07) is 19.9. The van der Waals surface area contributed by atoms with E-state index in [9.17, 15) is 19.2 Å². The summed E-state index contributed by atoms with van der Waals surface area (Å²) in [4.78, 5) is 70.3. The summed E-state index contributed by atoms with van der Waals surface area (Å²) in [5.41, 5.74) is 13.6. The zero-order chi connectivity index (χ0) is 46.5. The number of amides is 3. The first-order chi connectivity index (χ1) is 32.3. The second-order valence-corrected chi connectivity index (χ2v) is 21.7. The Morgan fingerprint density at radius 3 is 2.03 bits per heavy atom. The lowest BCUT2D eigenvalue weighted by molar-refractivity contribution is -0.149. The Morgan fingerprint density at radius 2 is 1.39 bits per heavy atom. The maximum atomic E-state index is 14.1. The normalized spacial score (nSPS) is 25.7.